The zero-order valence-corrected chi connectivity index (χ0v) is 70.8. The molecule has 112 heavy (non-hydrogen) atoms. The van der Waals surface area contributed by atoms with Gasteiger partial charge in [0.1, 0.15) is 19.3 Å². The Kier molecular flexibility index (Phi) is 77.5. The summed E-state index contributed by atoms with van der Waals surface area (Å²) in [5.41, 5.74) is 0. The van der Waals surface area contributed by atoms with Crippen molar-refractivity contribution < 1.29 is 80.2 Å². The van der Waals surface area contributed by atoms with E-state index in [-0.39, 0.29) is 25.7 Å². The van der Waals surface area contributed by atoms with E-state index in [2.05, 4.69) is 234 Å². The number of esters is 4. The van der Waals surface area contributed by atoms with Gasteiger partial charge in [-0.1, -0.05) is 291 Å². The predicted molar refractivity (Wildman–Crippen MR) is 463 cm³/mol. The normalized spacial score (nSPS) is 14.9. The van der Waals surface area contributed by atoms with Crippen molar-refractivity contribution in [2.24, 2.45) is 0 Å². The Labute approximate surface area is 677 Å². The van der Waals surface area contributed by atoms with Gasteiger partial charge in [-0.05, 0) is 186 Å². The summed E-state index contributed by atoms with van der Waals surface area (Å²) in [6, 6.07) is 0. The van der Waals surface area contributed by atoms with Crippen LogP contribution >= 0.6 is 15.6 Å². The van der Waals surface area contributed by atoms with Crippen LogP contribution in [0.5, 0.6) is 0 Å². The molecule has 630 valence electrons. The quantitative estimate of drug-likeness (QED) is 0.0169. The highest BCUT2D eigenvalue weighted by atomic mass is 31.2. The van der Waals surface area contributed by atoms with Crippen molar-refractivity contribution >= 4 is 39.5 Å². The van der Waals surface area contributed by atoms with Gasteiger partial charge >= 0.3 is 39.5 Å². The minimum absolute atomic E-state index is 0.0369. The van der Waals surface area contributed by atoms with Crippen LogP contribution in [-0.4, -0.2) is 96.7 Å². The summed E-state index contributed by atoms with van der Waals surface area (Å²) in [6.45, 7) is 4.25. The van der Waals surface area contributed by atoms with Gasteiger partial charge in [0.25, 0.3) is 0 Å². The van der Waals surface area contributed by atoms with Gasteiger partial charge in [-0.25, -0.2) is 9.13 Å². The van der Waals surface area contributed by atoms with Crippen LogP contribution in [0.4, 0.5) is 0 Å². The van der Waals surface area contributed by atoms with E-state index in [4.69, 9.17) is 37.0 Å². The minimum Gasteiger partial charge on any atom is -0.462 e. The number of phosphoric ester groups is 2. The van der Waals surface area contributed by atoms with Crippen molar-refractivity contribution in [3.05, 3.63) is 219 Å². The summed E-state index contributed by atoms with van der Waals surface area (Å²) in [5.74, 6) is -2.35. The number of ether oxygens (including phenoxy) is 4. The third kappa shape index (κ3) is 81.4. The molecule has 0 saturated heterocycles. The molecule has 3 N–H and O–H groups in total. The zero-order valence-electron chi connectivity index (χ0n) is 69.0. The number of carbonyl (C=O) groups is 4. The summed E-state index contributed by atoms with van der Waals surface area (Å²) < 4.78 is 68.7. The van der Waals surface area contributed by atoms with E-state index < -0.39 is 97.5 Å². The predicted octanol–water partition coefficient (Wildman–Crippen LogP) is 25.2. The number of hydrogen-bond donors (Lipinski definition) is 3. The Morgan fingerprint density at radius 3 is 0.714 bits per heavy atom. The van der Waals surface area contributed by atoms with Gasteiger partial charge in [-0.15, -0.1) is 0 Å². The maximum Gasteiger partial charge on any atom is 0.472 e. The number of unbranched alkanes of at least 4 members (excludes halogenated alkanes) is 14. The van der Waals surface area contributed by atoms with Crippen LogP contribution in [0.2, 0.25) is 0 Å². The summed E-state index contributed by atoms with van der Waals surface area (Å²) in [5, 5.41) is 10.7. The Morgan fingerprint density at radius 1 is 0.250 bits per heavy atom. The summed E-state index contributed by atoms with van der Waals surface area (Å²) >= 11 is 0. The fourth-order valence-electron chi connectivity index (χ4n) is 10.2. The first kappa shape index (κ1) is 105. The molecule has 0 aliphatic heterocycles. The van der Waals surface area contributed by atoms with Crippen molar-refractivity contribution in [3.63, 3.8) is 0 Å². The molecule has 19 heteroatoms. The molecule has 5 atom stereocenters. The second-order valence-corrected chi connectivity index (χ2v) is 29.8. The standard InChI is InChI=1S/C93H146O17P2/c1-5-9-13-17-21-25-29-33-37-41-43-47-50-54-58-62-66-70-74-78-91(96)104-84-89(110-93(98)80-76-72-68-64-60-56-52-48-44-42-38-34-30-26-22-18-14-10-6-2)86-108-112(101,102)106-82-87(94)81-105-111(99,100)107-85-88(109-92(97)79-75-71-67-63-59-55-51-46-40-36-32-28-24-20-16-12-8-4)83-103-90(95)77-73-69-65-61-57-53-49-45-39-35-31-27-23-19-15-11-7-3/h9-16,21-28,33-40,43-44,47-49,53-54,56,58,60-61,65,87-89,94H,5-8,17-20,29-32,41-42,45-46,50-52,55,57,59,62-64,66-86H2,1-4H3,(H,99,100)(H,101,102)/b13-9-,14-10-,15-11-,16-12-,25-21-,26-22-,27-23-,28-24-,37-33-,38-34-,39-35-,40-36-,47-43-,48-44-,53-49-,58-54-,60-56-,65-61-. The Morgan fingerprint density at radius 2 is 0.446 bits per heavy atom. The number of allylic oxidation sites excluding steroid dienone is 36. The number of phosphoric acid groups is 2. The molecule has 0 amide bonds. The van der Waals surface area contributed by atoms with Gasteiger partial charge in [0.2, 0.25) is 0 Å². The van der Waals surface area contributed by atoms with E-state index in [9.17, 15) is 43.2 Å². The Balaban J connectivity index is 5.54. The van der Waals surface area contributed by atoms with Gasteiger partial charge in [-0.2, -0.15) is 0 Å². The van der Waals surface area contributed by atoms with Crippen LogP contribution in [0.1, 0.15) is 285 Å². The summed E-state index contributed by atoms with van der Waals surface area (Å²) in [6.07, 6.45) is 105. The van der Waals surface area contributed by atoms with Crippen molar-refractivity contribution in [1.29, 1.82) is 0 Å². The molecule has 0 aliphatic rings. The van der Waals surface area contributed by atoms with E-state index in [1.807, 2.05) is 12.2 Å². The van der Waals surface area contributed by atoms with Gasteiger partial charge in [0.15, 0.2) is 12.2 Å². The molecule has 17 nitrogen and oxygen atoms in total. The molecular weight excluding hydrogens is 1450 g/mol. The van der Waals surface area contributed by atoms with Gasteiger partial charge in [0.05, 0.1) is 26.4 Å². The van der Waals surface area contributed by atoms with Gasteiger partial charge in [0, 0.05) is 25.7 Å². The highest BCUT2D eigenvalue weighted by molar-refractivity contribution is 7.47. The lowest BCUT2D eigenvalue weighted by molar-refractivity contribution is -0.161. The monoisotopic (exact) mass is 1600 g/mol. The van der Waals surface area contributed by atoms with E-state index in [0.29, 0.717) is 32.1 Å². The third-order valence-electron chi connectivity index (χ3n) is 16.4. The molecule has 5 unspecified atom stereocenters. The molecule has 0 heterocycles. The molecule has 0 bridgehead atoms. The van der Waals surface area contributed by atoms with Crippen molar-refractivity contribution in [2.75, 3.05) is 39.6 Å². The fraction of sp³-hybridized carbons (Fsp3) is 0.570. The van der Waals surface area contributed by atoms with Crippen LogP contribution in [0.3, 0.4) is 0 Å². The lowest BCUT2D eigenvalue weighted by Crippen LogP contribution is -2.30. The molecule has 0 aromatic carbocycles. The molecular formula is C93H146O17P2. The van der Waals surface area contributed by atoms with Crippen molar-refractivity contribution in [3.8, 4) is 0 Å². The van der Waals surface area contributed by atoms with E-state index in [1.54, 1.807) is 0 Å². The summed E-state index contributed by atoms with van der Waals surface area (Å²) in [4.78, 5) is 73.3. The maximum atomic E-state index is 13.1. The Bertz CT molecular complexity index is 2990. The average Bonchev–Trinajstić information content (AvgIpc) is 0.898. The molecule has 0 aliphatic carbocycles. The van der Waals surface area contributed by atoms with Crippen molar-refractivity contribution in [1.82, 2.24) is 0 Å². The van der Waals surface area contributed by atoms with Crippen LogP contribution < -0.4 is 0 Å². The average molecular weight is 1600 g/mol. The SMILES string of the molecule is CC/C=C\C/C=C\C/C=C\C/C=C\C/C=C\CCCCCC(=O)OCC(COP(=O)(O)OCC(O)COP(=O)(O)OCC(COC(=O)CCC/C=C\C/C=C\C/C=C\C/C=C\C/C=C\CC)OC(=O)CCCCCCCCC/C=C\C/C=C\C/C=C\CC)OC(=O)CCCCC/C=C\C/C=C\C/C=C\C/C=C\C/C=C\CC. The first-order valence-electron chi connectivity index (χ1n) is 42.0. The third-order valence-corrected chi connectivity index (χ3v) is 18.3. The molecule has 0 fully saturated rings. The molecule has 0 radical (unpaired) electrons. The van der Waals surface area contributed by atoms with Crippen LogP contribution in [-0.2, 0) is 65.4 Å². The minimum atomic E-state index is -5.02. The van der Waals surface area contributed by atoms with Gasteiger partial charge < -0.3 is 33.8 Å². The maximum absolute atomic E-state index is 13.1. The first-order chi connectivity index (χ1) is 54.7. The van der Waals surface area contributed by atoms with Gasteiger partial charge in [-0.3, -0.25) is 37.3 Å². The van der Waals surface area contributed by atoms with E-state index in [0.717, 1.165) is 199 Å². The summed E-state index contributed by atoms with van der Waals surface area (Å²) in [7, 11) is -10.0. The Hall–Kier alpha value is -6.62. The largest absolute Gasteiger partial charge is 0.472 e. The number of hydrogen-bond acceptors (Lipinski definition) is 15. The molecule has 0 saturated carbocycles. The topological polar surface area (TPSA) is 237 Å². The molecule has 0 rings (SSSR count). The van der Waals surface area contributed by atoms with Crippen LogP contribution in [0.25, 0.3) is 0 Å². The number of aliphatic hydroxyl groups is 1. The zero-order chi connectivity index (χ0) is 81.7. The highest BCUT2D eigenvalue weighted by Gasteiger charge is 2.30. The number of aliphatic hydroxyl groups excluding tert-OH is 1. The first-order valence-corrected chi connectivity index (χ1v) is 45.0. The number of rotatable bonds is 76. The van der Waals surface area contributed by atoms with Crippen LogP contribution in [0.15, 0.2) is 219 Å². The number of carbonyl (C=O) groups excluding carboxylic acids is 4. The molecule has 0 aromatic rings. The molecule has 0 spiro atoms. The van der Waals surface area contributed by atoms with E-state index >= 15 is 0 Å². The van der Waals surface area contributed by atoms with Crippen molar-refractivity contribution in [2.45, 2.75) is 303 Å². The fourth-order valence-corrected chi connectivity index (χ4v) is 11.8. The van der Waals surface area contributed by atoms with Crippen LogP contribution in [0, 0.1) is 0 Å². The smallest absolute Gasteiger partial charge is 0.462 e. The lowest BCUT2D eigenvalue weighted by atomic mass is 10.1. The second-order valence-electron chi connectivity index (χ2n) is 26.9. The second kappa shape index (κ2) is 82.4. The lowest BCUT2D eigenvalue weighted by Gasteiger charge is -2.21. The molecule has 0 aromatic heterocycles. The highest BCUT2D eigenvalue weighted by Crippen LogP contribution is 2.45. The van der Waals surface area contributed by atoms with E-state index in [1.165, 1.54) is 0 Å².